The number of carbonyl (C=O) groups excluding carboxylic acids is 2. The fourth-order valence-corrected chi connectivity index (χ4v) is 2.70. The second-order valence-corrected chi connectivity index (χ2v) is 7.89. The lowest BCUT2D eigenvalue weighted by atomic mass is 10.1. The fraction of sp³-hybridized carbons (Fsp3) is 0.391. The zero-order valence-electron chi connectivity index (χ0n) is 18.0. The van der Waals surface area contributed by atoms with E-state index in [1.54, 1.807) is 64.2 Å². The quantitative estimate of drug-likeness (QED) is 0.546. The Labute approximate surface area is 177 Å². The molecule has 0 aliphatic carbocycles. The van der Waals surface area contributed by atoms with Crippen molar-refractivity contribution in [2.24, 2.45) is 0 Å². The molecule has 2 rings (SSSR count). The Kier molecular flexibility index (Phi) is 7.97. The molecule has 2 aromatic carbocycles. The van der Waals surface area contributed by atoms with E-state index in [4.69, 9.17) is 14.2 Å². The van der Waals surface area contributed by atoms with E-state index in [2.05, 4.69) is 0 Å². The molecular weight excluding hydrogens is 386 g/mol. The van der Waals surface area contributed by atoms with Crippen LogP contribution in [0.4, 0.5) is 4.79 Å². The minimum Gasteiger partial charge on any atom is -0.444 e. The minimum atomic E-state index is -0.914. The van der Waals surface area contributed by atoms with Crippen LogP contribution in [0.2, 0.25) is 0 Å². The number of esters is 1. The maximum Gasteiger partial charge on any atom is 0.410 e. The van der Waals surface area contributed by atoms with E-state index >= 15 is 0 Å². The molecule has 1 amide bonds. The zero-order valence-corrected chi connectivity index (χ0v) is 18.0. The van der Waals surface area contributed by atoms with Crippen molar-refractivity contribution in [2.45, 2.75) is 38.6 Å². The molecule has 0 spiro atoms. The Morgan fingerprint density at radius 1 is 1.00 bits per heavy atom. The van der Waals surface area contributed by atoms with E-state index < -0.39 is 29.9 Å². The number of rotatable bonds is 7. The highest BCUT2D eigenvalue weighted by Gasteiger charge is 2.23. The van der Waals surface area contributed by atoms with Gasteiger partial charge in [0.15, 0.2) is 6.10 Å². The average Bonchev–Trinajstić information content (AvgIpc) is 2.68. The highest BCUT2D eigenvalue weighted by Crippen LogP contribution is 2.23. The number of amides is 1. The summed E-state index contributed by atoms with van der Waals surface area (Å²) in [6.45, 7) is 5.40. The van der Waals surface area contributed by atoms with Crippen molar-refractivity contribution in [1.29, 1.82) is 0 Å². The maximum atomic E-state index is 12.4. The predicted molar refractivity (Wildman–Crippen MR) is 112 cm³/mol. The maximum absolute atomic E-state index is 12.4. The van der Waals surface area contributed by atoms with E-state index in [1.807, 2.05) is 18.2 Å². The van der Waals surface area contributed by atoms with Crippen LogP contribution in [0.25, 0.3) is 0 Å². The summed E-state index contributed by atoms with van der Waals surface area (Å²) in [4.78, 5) is 25.8. The molecule has 0 aromatic heterocycles. The molecule has 0 saturated heterocycles. The number of hydrogen-bond donors (Lipinski definition) is 1. The molecule has 0 saturated carbocycles. The summed E-state index contributed by atoms with van der Waals surface area (Å²) in [5.41, 5.74) is 0.667. The van der Waals surface area contributed by atoms with Gasteiger partial charge >= 0.3 is 12.1 Å². The number of ether oxygens (including phenoxy) is 3. The highest BCUT2D eigenvalue weighted by molar-refractivity contribution is 5.78. The first kappa shape index (κ1) is 23.4. The number of aliphatic hydroxyl groups excluding tert-OH is 1. The first-order valence-corrected chi connectivity index (χ1v) is 9.62. The van der Waals surface area contributed by atoms with E-state index in [0.29, 0.717) is 16.9 Å². The second kappa shape index (κ2) is 10.2. The molecule has 7 heteroatoms. The Hall–Kier alpha value is -2.90. The van der Waals surface area contributed by atoms with Crippen molar-refractivity contribution >= 4 is 12.1 Å². The van der Waals surface area contributed by atoms with Crippen LogP contribution in [-0.2, 0) is 14.3 Å². The van der Waals surface area contributed by atoms with Gasteiger partial charge in [0, 0.05) is 14.2 Å². The van der Waals surface area contributed by atoms with E-state index in [0.717, 1.165) is 0 Å². The molecule has 0 bridgehead atoms. The standard InChI is InChI=1S/C23H29NO6/c1-23(2,3)30-22(27)24(4)15-19(25)16-11-13-18(14-12-16)29-21(26)20(28-5)17-9-7-6-8-10-17/h6-14,19-20,25H,15H2,1-5H3. The number of methoxy groups -OCH3 is 1. The molecule has 0 heterocycles. The lowest BCUT2D eigenvalue weighted by Crippen LogP contribution is -2.36. The van der Waals surface area contributed by atoms with Gasteiger partial charge in [-0.3, -0.25) is 0 Å². The van der Waals surface area contributed by atoms with Gasteiger partial charge in [-0.2, -0.15) is 0 Å². The monoisotopic (exact) mass is 415 g/mol. The van der Waals surface area contributed by atoms with Gasteiger partial charge in [0.05, 0.1) is 12.6 Å². The topological polar surface area (TPSA) is 85.3 Å². The van der Waals surface area contributed by atoms with Gasteiger partial charge in [-0.05, 0) is 44.0 Å². The van der Waals surface area contributed by atoms with Gasteiger partial charge in [0.1, 0.15) is 11.4 Å². The molecule has 2 atom stereocenters. The molecular formula is C23H29NO6. The summed E-state index contributed by atoms with van der Waals surface area (Å²) >= 11 is 0. The summed E-state index contributed by atoms with van der Waals surface area (Å²) in [6, 6.07) is 15.5. The normalized spacial score (nSPS) is 13.3. The molecule has 1 N–H and O–H groups in total. The third kappa shape index (κ3) is 6.86. The molecule has 7 nitrogen and oxygen atoms in total. The number of likely N-dealkylation sites (N-methyl/N-ethyl adjacent to an activating group) is 1. The van der Waals surface area contributed by atoms with Gasteiger partial charge in [-0.25, -0.2) is 9.59 Å². The van der Waals surface area contributed by atoms with Crippen molar-refractivity contribution in [3.63, 3.8) is 0 Å². The molecule has 2 aromatic rings. The third-order valence-electron chi connectivity index (χ3n) is 4.19. The smallest absolute Gasteiger partial charge is 0.410 e. The molecule has 0 radical (unpaired) electrons. The Morgan fingerprint density at radius 3 is 2.13 bits per heavy atom. The second-order valence-electron chi connectivity index (χ2n) is 7.89. The molecule has 2 unspecified atom stereocenters. The predicted octanol–water partition coefficient (Wildman–Crippen LogP) is 3.88. The van der Waals surface area contributed by atoms with E-state index in [9.17, 15) is 14.7 Å². The highest BCUT2D eigenvalue weighted by atomic mass is 16.6. The van der Waals surface area contributed by atoms with Crippen LogP contribution in [0.15, 0.2) is 54.6 Å². The number of nitrogens with zero attached hydrogens (tertiary/aromatic N) is 1. The lowest BCUT2D eigenvalue weighted by Gasteiger charge is -2.26. The van der Waals surface area contributed by atoms with E-state index in [-0.39, 0.29) is 6.54 Å². The van der Waals surface area contributed by atoms with Crippen molar-refractivity contribution in [3.8, 4) is 5.75 Å². The summed E-state index contributed by atoms with van der Waals surface area (Å²) in [5, 5.41) is 10.4. The average molecular weight is 415 g/mol. The fourth-order valence-electron chi connectivity index (χ4n) is 2.70. The summed E-state index contributed by atoms with van der Waals surface area (Å²) in [7, 11) is 3.00. The zero-order chi connectivity index (χ0) is 22.3. The largest absolute Gasteiger partial charge is 0.444 e. The number of carbonyl (C=O) groups is 2. The summed E-state index contributed by atoms with van der Waals surface area (Å²) < 4.78 is 15.9. The van der Waals surface area contributed by atoms with Crippen LogP contribution < -0.4 is 4.74 Å². The third-order valence-corrected chi connectivity index (χ3v) is 4.19. The van der Waals surface area contributed by atoms with Crippen molar-refractivity contribution in [1.82, 2.24) is 4.90 Å². The lowest BCUT2D eigenvalue weighted by molar-refractivity contribution is -0.146. The van der Waals surface area contributed by atoms with Crippen LogP contribution >= 0.6 is 0 Å². The van der Waals surface area contributed by atoms with Crippen molar-refractivity contribution in [2.75, 3.05) is 20.7 Å². The van der Waals surface area contributed by atoms with Gasteiger partial charge in [-0.1, -0.05) is 42.5 Å². The summed E-state index contributed by atoms with van der Waals surface area (Å²) in [5.74, 6) is -0.212. The summed E-state index contributed by atoms with van der Waals surface area (Å²) in [6.07, 6.45) is -2.26. The number of aliphatic hydroxyl groups is 1. The van der Waals surface area contributed by atoms with Gasteiger partial charge < -0.3 is 24.2 Å². The van der Waals surface area contributed by atoms with Crippen LogP contribution in [0.3, 0.4) is 0 Å². The first-order chi connectivity index (χ1) is 14.1. The van der Waals surface area contributed by atoms with E-state index in [1.165, 1.54) is 12.0 Å². The Balaban J connectivity index is 1.97. The molecule has 0 fully saturated rings. The number of hydrogen-bond acceptors (Lipinski definition) is 6. The molecule has 162 valence electrons. The van der Waals surface area contributed by atoms with Crippen LogP contribution in [0, 0.1) is 0 Å². The molecule has 30 heavy (non-hydrogen) atoms. The SMILES string of the molecule is COC(C(=O)Oc1ccc(C(O)CN(C)C(=O)OC(C)(C)C)cc1)c1ccccc1. The molecule has 0 aliphatic heterocycles. The van der Waals surface area contributed by atoms with Gasteiger partial charge in [-0.15, -0.1) is 0 Å². The Bertz CT molecular complexity index is 829. The first-order valence-electron chi connectivity index (χ1n) is 9.62. The van der Waals surface area contributed by atoms with Crippen molar-refractivity contribution in [3.05, 3.63) is 65.7 Å². The van der Waals surface area contributed by atoms with Crippen molar-refractivity contribution < 1.29 is 28.9 Å². The molecule has 0 aliphatic rings. The van der Waals surface area contributed by atoms with Crippen LogP contribution in [-0.4, -0.2) is 48.4 Å². The van der Waals surface area contributed by atoms with Crippen LogP contribution in [0.1, 0.15) is 44.1 Å². The van der Waals surface area contributed by atoms with Gasteiger partial charge in [0.2, 0.25) is 0 Å². The van der Waals surface area contributed by atoms with Gasteiger partial charge in [0.25, 0.3) is 0 Å². The van der Waals surface area contributed by atoms with Crippen LogP contribution in [0.5, 0.6) is 5.75 Å². The minimum absolute atomic E-state index is 0.0633. The Morgan fingerprint density at radius 2 is 1.60 bits per heavy atom. The number of benzene rings is 2.